The lowest BCUT2D eigenvalue weighted by Gasteiger charge is -2.14. The van der Waals surface area contributed by atoms with Crippen LogP contribution in [0.2, 0.25) is 5.02 Å². The first-order valence-electron chi connectivity index (χ1n) is 7.17. The number of halogens is 1. The minimum Gasteiger partial charge on any atom is -0.493 e. The maximum atomic E-state index is 12.6. The second-order valence-corrected chi connectivity index (χ2v) is 5.64. The highest BCUT2D eigenvalue weighted by Crippen LogP contribution is 2.45. The van der Waals surface area contributed by atoms with E-state index in [0.29, 0.717) is 22.2 Å². The summed E-state index contributed by atoms with van der Waals surface area (Å²) in [6.45, 7) is 1.94. The lowest BCUT2D eigenvalue weighted by atomic mass is 10.1. The molecular formula is C16H16ClNO4. The summed E-state index contributed by atoms with van der Waals surface area (Å²) < 4.78 is 11.8. The molecule has 0 atom stereocenters. The number of rotatable bonds is 4. The topological polar surface area (TPSA) is 57.0 Å². The molecule has 0 amide bonds. The van der Waals surface area contributed by atoms with Gasteiger partial charge in [-0.15, -0.1) is 0 Å². The first-order chi connectivity index (χ1) is 10.6. The van der Waals surface area contributed by atoms with Gasteiger partial charge in [-0.3, -0.25) is 9.20 Å². The molecule has 1 aliphatic rings. The van der Waals surface area contributed by atoms with Crippen LogP contribution >= 0.6 is 11.6 Å². The largest absolute Gasteiger partial charge is 0.493 e. The highest BCUT2D eigenvalue weighted by Gasteiger charge is 2.30. The number of fused-ring (bicyclic) bond motifs is 1. The van der Waals surface area contributed by atoms with Crippen molar-refractivity contribution in [1.29, 1.82) is 0 Å². The fourth-order valence-corrected chi connectivity index (χ4v) is 2.85. The number of ether oxygens (including phenoxy) is 2. The highest BCUT2D eigenvalue weighted by atomic mass is 35.5. The molecule has 0 spiro atoms. The van der Waals surface area contributed by atoms with Gasteiger partial charge in [0.1, 0.15) is 5.56 Å². The van der Waals surface area contributed by atoms with Gasteiger partial charge in [0, 0.05) is 6.20 Å². The van der Waals surface area contributed by atoms with Gasteiger partial charge in [-0.2, -0.15) is 0 Å². The van der Waals surface area contributed by atoms with Crippen molar-refractivity contribution in [2.75, 3.05) is 13.7 Å². The van der Waals surface area contributed by atoms with Crippen molar-refractivity contribution in [2.24, 2.45) is 0 Å². The molecule has 0 unspecified atom stereocenters. The van der Waals surface area contributed by atoms with Gasteiger partial charge >= 0.3 is 5.97 Å². The van der Waals surface area contributed by atoms with Crippen molar-refractivity contribution in [1.82, 2.24) is 4.40 Å². The van der Waals surface area contributed by atoms with E-state index in [-0.39, 0.29) is 12.2 Å². The number of hydrogen-bond acceptors (Lipinski definition) is 4. The summed E-state index contributed by atoms with van der Waals surface area (Å²) in [6, 6.07) is 3.21. The zero-order valence-corrected chi connectivity index (χ0v) is 13.1. The first kappa shape index (κ1) is 14.9. The van der Waals surface area contributed by atoms with Crippen molar-refractivity contribution in [2.45, 2.75) is 25.7 Å². The summed E-state index contributed by atoms with van der Waals surface area (Å²) in [5.74, 6) is 0.174. The highest BCUT2D eigenvalue weighted by molar-refractivity contribution is 6.32. The predicted molar refractivity (Wildman–Crippen MR) is 83.2 cm³/mol. The Labute approximate surface area is 132 Å². The lowest BCUT2D eigenvalue weighted by molar-refractivity contribution is 0.0524. The molecule has 1 aliphatic carbocycles. The van der Waals surface area contributed by atoms with Crippen molar-refractivity contribution < 1.29 is 14.3 Å². The number of carbonyl (C=O) groups is 1. The van der Waals surface area contributed by atoms with Gasteiger partial charge in [0.05, 0.1) is 24.3 Å². The van der Waals surface area contributed by atoms with Crippen LogP contribution in [0.3, 0.4) is 0 Å². The van der Waals surface area contributed by atoms with Crippen LogP contribution in [0.1, 0.15) is 41.6 Å². The second-order valence-electron chi connectivity index (χ2n) is 5.23. The second kappa shape index (κ2) is 5.65. The van der Waals surface area contributed by atoms with Crippen molar-refractivity contribution >= 4 is 23.1 Å². The monoisotopic (exact) mass is 321 g/mol. The van der Waals surface area contributed by atoms with Gasteiger partial charge in [-0.1, -0.05) is 11.6 Å². The molecule has 5 nitrogen and oxygen atoms in total. The Morgan fingerprint density at radius 3 is 2.77 bits per heavy atom. The van der Waals surface area contributed by atoms with Gasteiger partial charge < -0.3 is 9.47 Å². The fraction of sp³-hybridized carbons (Fsp3) is 0.375. The minimum absolute atomic E-state index is 0.0469. The third kappa shape index (κ3) is 2.35. The minimum atomic E-state index is -0.599. The number of pyridine rings is 2. The van der Waals surface area contributed by atoms with E-state index in [9.17, 15) is 9.59 Å². The van der Waals surface area contributed by atoms with Crippen LogP contribution in [-0.4, -0.2) is 24.1 Å². The molecule has 0 aromatic carbocycles. The molecule has 1 fully saturated rings. The number of carbonyl (C=O) groups excluding carboxylic acids is 1. The Bertz CT molecular complexity index is 808. The van der Waals surface area contributed by atoms with E-state index in [1.807, 2.05) is 0 Å². The summed E-state index contributed by atoms with van der Waals surface area (Å²) in [5, 5.41) is 0.438. The average Bonchev–Trinajstić information content (AvgIpc) is 3.32. The summed E-state index contributed by atoms with van der Waals surface area (Å²) >= 11 is 6.17. The Morgan fingerprint density at radius 2 is 2.18 bits per heavy atom. The summed E-state index contributed by atoms with van der Waals surface area (Å²) in [7, 11) is 1.52. The standard InChI is InChI=1S/C16H16ClNO4/c1-3-22-16(20)11-8-10(9-4-5-9)13-14(21-2)12(17)6-7-18(13)15(11)19/h6-9H,3-5H2,1-2H3. The molecule has 2 aromatic heterocycles. The van der Waals surface area contributed by atoms with Gasteiger partial charge in [0.25, 0.3) is 5.56 Å². The first-order valence-corrected chi connectivity index (χ1v) is 7.55. The Kier molecular flexibility index (Phi) is 3.83. The van der Waals surface area contributed by atoms with Crippen LogP contribution < -0.4 is 10.3 Å². The van der Waals surface area contributed by atoms with Crippen LogP contribution in [0.15, 0.2) is 23.1 Å². The molecule has 0 bridgehead atoms. The summed E-state index contributed by atoms with van der Waals surface area (Å²) in [5.41, 5.74) is 1.16. The zero-order chi connectivity index (χ0) is 15.9. The third-order valence-electron chi connectivity index (χ3n) is 3.78. The Hall–Kier alpha value is -2.01. The van der Waals surface area contributed by atoms with E-state index in [4.69, 9.17) is 21.1 Å². The predicted octanol–water partition coefficient (Wildman–Crippen LogP) is 3.02. The van der Waals surface area contributed by atoms with Gasteiger partial charge in [-0.05, 0) is 43.4 Å². The Balaban J connectivity index is 2.35. The molecule has 22 heavy (non-hydrogen) atoms. The number of esters is 1. The molecule has 116 valence electrons. The molecule has 0 aliphatic heterocycles. The van der Waals surface area contributed by atoms with Crippen LogP contribution in [0.25, 0.3) is 5.52 Å². The average molecular weight is 322 g/mol. The van der Waals surface area contributed by atoms with Crippen molar-refractivity contribution in [3.63, 3.8) is 0 Å². The summed E-state index contributed by atoms with van der Waals surface area (Å²) in [4.78, 5) is 24.6. The fourth-order valence-electron chi connectivity index (χ4n) is 2.62. The van der Waals surface area contributed by atoms with E-state index >= 15 is 0 Å². The molecular weight excluding hydrogens is 306 g/mol. The van der Waals surface area contributed by atoms with E-state index in [2.05, 4.69) is 0 Å². The van der Waals surface area contributed by atoms with Gasteiger partial charge in [0.2, 0.25) is 0 Å². The van der Waals surface area contributed by atoms with Crippen LogP contribution in [-0.2, 0) is 4.74 Å². The van der Waals surface area contributed by atoms with Crippen LogP contribution in [0, 0.1) is 0 Å². The molecule has 1 saturated carbocycles. The number of hydrogen-bond donors (Lipinski definition) is 0. The number of methoxy groups -OCH3 is 1. The van der Waals surface area contributed by atoms with Crippen LogP contribution in [0.5, 0.6) is 5.75 Å². The van der Waals surface area contributed by atoms with Crippen molar-refractivity contribution in [3.05, 3.63) is 44.8 Å². The molecule has 3 rings (SSSR count). The van der Waals surface area contributed by atoms with Crippen molar-refractivity contribution in [3.8, 4) is 5.75 Å². The van der Waals surface area contributed by atoms with Gasteiger partial charge in [0.15, 0.2) is 5.75 Å². The summed E-state index contributed by atoms with van der Waals surface area (Å²) in [6.07, 6.45) is 3.61. The quantitative estimate of drug-likeness (QED) is 0.812. The molecule has 0 N–H and O–H groups in total. The lowest BCUT2D eigenvalue weighted by Crippen LogP contribution is -2.24. The van der Waals surface area contributed by atoms with Crippen LogP contribution in [0.4, 0.5) is 0 Å². The smallest absolute Gasteiger partial charge is 0.343 e. The molecule has 2 aromatic rings. The van der Waals surface area contributed by atoms with Gasteiger partial charge in [-0.25, -0.2) is 4.79 Å². The number of nitrogens with zero attached hydrogens (tertiary/aromatic N) is 1. The Morgan fingerprint density at radius 1 is 1.45 bits per heavy atom. The van der Waals surface area contributed by atoms with E-state index < -0.39 is 11.5 Å². The van der Waals surface area contributed by atoms with E-state index in [0.717, 1.165) is 18.4 Å². The SMILES string of the molecule is CCOC(=O)c1cc(C2CC2)c2c(OC)c(Cl)ccn2c1=O. The number of aromatic nitrogens is 1. The maximum absolute atomic E-state index is 12.6. The molecule has 0 radical (unpaired) electrons. The van der Waals surface area contributed by atoms with E-state index in [1.54, 1.807) is 25.3 Å². The molecule has 0 saturated heterocycles. The molecule has 6 heteroatoms. The molecule has 2 heterocycles. The van der Waals surface area contributed by atoms with E-state index in [1.165, 1.54) is 11.5 Å². The third-order valence-corrected chi connectivity index (χ3v) is 4.08. The zero-order valence-electron chi connectivity index (χ0n) is 12.4. The maximum Gasteiger partial charge on any atom is 0.343 e. The normalized spacial score (nSPS) is 14.1.